The van der Waals surface area contributed by atoms with Crippen molar-refractivity contribution in [1.29, 1.82) is 0 Å². The fraction of sp³-hybridized carbons (Fsp3) is 0.571. The number of rotatable bonds is 2. The summed E-state index contributed by atoms with van der Waals surface area (Å²) in [4.78, 5) is 5.21. The molecule has 0 atom stereocenters. The van der Waals surface area contributed by atoms with Crippen LogP contribution in [0.5, 0.6) is 0 Å². The van der Waals surface area contributed by atoms with E-state index in [-0.39, 0.29) is 5.41 Å². The summed E-state index contributed by atoms with van der Waals surface area (Å²) in [5, 5.41) is 7.94. The summed E-state index contributed by atoms with van der Waals surface area (Å²) in [6.07, 6.45) is 4.86. The van der Waals surface area contributed by atoms with Crippen LogP contribution in [0.1, 0.15) is 6.92 Å². The van der Waals surface area contributed by atoms with Gasteiger partial charge in [-0.25, -0.2) is 4.98 Å². The van der Waals surface area contributed by atoms with Crippen LogP contribution in [0.25, 0.3) is 0 Å². The van der Waals surface area contributed by atoms with Gasteiger partial charge in [-0.1, -0.05) is 6.92 Å². The molecule has 1 aliphatic rings. The first-order chi connectivity index (χ1) is 5.79. The van der Waals surface area contributed by atoms with Crippen LogP contribution in [0.4, 0.5) is 0 Å². The Labute approximate surface area is 70.1 Å². The number of ether oxygens (including phenoxy) is 1. The van der Waals surface area contributed by atoms with E-state index in [0.717, 1.165) is 13.2 Å². The maximum atomic E-state index is 5.07. The van der Waals surface area contributed by atoms with Crippen molar-refractivity contribution in [3.8, 4) is 0 Å². The topological polar surface area (TPSA) is 52.3 Å². The number of nitrogens with zero attached hydrogens (tertiary/aromatic N) is 4. The maximum absolute atomic E-state index is 5.07. The largest absolute Gasteiger partial charge is 0.379 e. The highest BCUT2D eigenvalue weighted by atomic mass is 16.5. The molecule has 64 valence electrons. The van der Waals surface area contributed by atoms with E-state index < -0.39 is 0 Å². The molecule has 0 radical (unpaired) electrons. The molecule has 0 amide bonds. The molecule has 0 unspecified atom stereocenters. The summed E-state index contributed by atoms with van der Waals surface area (Å²) in [5.74, 6) is 0. The predicted octanol–water partition coefficient (Wildman–Crippen LogP) is 0.148. The molecule has 0 spiro atoms. The SMILES string of the molecule is CC1(/C=N/n2cncn2)COC1. The fourth-order valence-corrected chi connectivity index (χ4v) is 0.959. The van der Waals surface area contributed by atoms with Gasteiger partial charge in [-0.2, -0.15) is 5.10 Å². The minimum absolute atomic E-state index is 0.0892. The van der Waals surface area contributed by atoms with Crippen molar-refractivity contribution >= 4 is 6.21 Å². The van der Waals surface area contributed by atoms with E-state index >= 15 is 0 Å². The van der Waals surface area contributed by atoms with Gasteiger partial charge < -0.3 is 4.74 Å². The molecule has 0 saturated carbocycles. The molecule has 0 aromatic carbocycles. The number of aromatic nitrogens is 3. The van der Waals surface area contributed by atoms with Crippen LogP contribution in [0, 0.1) is 5.41 Å². The normalized spacial score (nSPS) is 21.1. The molecule has 1 aromatic heterocycles. The van der Waals surface area contributed by atoms with Gasteiger partial charge in [0.1, 0.15) is 12.7 Å². The Kier molecular flexibility index (Phi) is 1.65. The average Bonchev–Trinajstić information content (AvgIpc) is 2.49. The van der Waals surface area contributed by atoms with Gasteiger partial charge in [-0.05, 0) is 0 Å². The Morgan fingerprint density at radius 2 is 2.50 bits per heavy atom. The van der Waals surface area contributed by atoms with Crippen LogP contribution in [-0.2, 0) is 4.74 Å². The number of hydrogen-bond acceptors (Lipinski definition) is 4. The average molecular weight is 166 g/mol. The van der Waals surface area contributed by atoms with E-state index in [4.69, 9.17) is 4.74 Å². The van der Waals surface area contributed by atoms with E-state index in [2.05, 4.69) is 22.1 Å². The molecule has 1 aliphatic heterocycles. The summed E-state index contributed by atoms with van der Waals surface area (Å²) in [5.41, 5.74) is 0.0892. The minimum Gasteiger partial charge on any atom is -0.379 e. The second kappa shape index (κ2) is 2.67. The first-order valence-electron chi connectivity index (χ1n) is 3.76. The standard InChI is InChI=1S/C7H10N4O/c1-7(3-12-4-7)2-9-11-6-8-5-10-11/h2,5-6H,3-4H2,1H3/b9-2+. The molecule has 1 fully saturated rings. The first-order valence-corrected chi connectivity index (χ1v) is 3.76. The van der Waals surface area contributed by atoms with Gasteiger partial charge in [0.05, 0.1) is 18.6 Å². The summed E-state index contributed by atoms with van der Waals surface area (Å²) in [6, 6.07) is 0. The van der Waals surface area contributed by atoms with E-state index in [9.17, 15) is 0 Å². The summed E-state index contributed by atoms with van der Waals surface area (Å²) in [6.45, 7) is 3.58. The molecular formula is C7H10N4O. The fourth-order valence-electron chi connectivity index (χ4n) is 0.959. The lowest BCUT2D eigenvalue weighted by molar-refractivity contribution is -0.0557. The van der Waals surface area contributed by atoms with Gasteiger partial charge in [0.2, 0.25) is 0 Å². The molecule has 5 nitrogen and oxygen atoms in total. The van der Waals surface area contributed by atoms with E-state index in [0.29, 0.717) is 0 Å². The third-order valence-corrected chi connectivity index (χ3v) is 1.76. The van der Waals surface area contributed by atoms with Gasteiger partial charge in [0, 0.05) is 6.21 Å². The van der Waals surface area contributed by atoms with Gasteiger partial charge in [-0.3, -0.25) is 0 Å². The lowest BCUT2D eigenvalue weighted by Crippen LogP contribution is -2.41. The quantitative estimate of drug-likeness (QED) is 0.587. The Hall–Kier alpha value is -1.23. The molecule has 0 bridgehead atoms. The zero-order valence-corrected chi connectivity index (χ0v) is 6.84. The highest BCUT2D eigenvalue weighted by Crippen LogP contribution is 2.23. The van der Waals surface area contributed by atoms with Gasteiger partial charge in [0.15, 0.2) is 0 Å². The smallest absolute Gasteiger partial charge is 0.139 e. The van der Waals surface area contributed by atoms with Crippen molar-refractivity contribution in [3.05, 3.63) is 12.7 Å². The first kappa shape index (κ1) is 7.42. The zero-order chi connectivity index (χ0) is 8.44. The summed E-state index contributed by atoms with van der Waals surface area (Å²) >= 11 is 0. The van der Waals surface area contributed by atoms with Crippen LogP contribution in [0.15, 0.2) is 17.8 Å². The van der Waals surface area contributed by atoms with Crippen LogP contribution < -0.4 is 0 Å². The third-order valence-electron chi connectivity index (χ3n) is 1.76. The molecular weight excluding hydrogens is 156 g/mol. The maximum Gasteiger partial charge on any atom is 0.139 e. The second-order valence-corrected chi connectivity index (χ2v) is 3.21. The highest BCUT2D eigenvalue weighted by molar-refractivity contribution is 5.66. The van der Waals surface area contributed by atoms with Crippen molar-refractivity contribution < 1.29 is 4.74 Å². The lowest BCUT2D eigenvalue weighted by Gasteiger charge is -2.33. The van der Waals surface area contributed by atoms with Crippen LogP contribution in [0.3, 0.4) is 0 Å². The summed E-state index contributed by atoms with van der Waals surface area (Å²) in [7, 11) is 0. The second-order valence-electron chi connectivity index (χ2n) is 3.21. The molecule has 0 aliphatic carbocycles. The molecule has 5 heteroatoms. The van der Waals surface area contributed by atoms with Crippen LogP contribution in [0.2, 0.25) is 0 Å². The molecule has 1 saturated heterocycles. The van der Waals surface area contributed by atoms with Crippen molar-refractivity contribution in [1.82, 2.24) is 14.9 Å². The van der Waals surface area contributed by atoms with Crippen molar-refractivity contribution in [2.24, 2.45) is 10.5 Å². The summed E-state index contributed by atoms with van der Waals surface area (Å²) < 4.78 is 5.07. The van der Waals surface area contributed by atoms with E-state index in [1.165, 1.54) is 11.1 Å². The van der Waals surface area contributed by atoms with Crippen molar-refractivity contribution in [2.45, 2.75) is 6.92 Å². The molecule has 1 aromatic rings. The van der Waals surface area contributed by atoms with E-state index in [1.54, 1.807) is 6.33 Å². The van der Waals surface area contributed by atoms with Crippen molar-refractivity contribution in [2.75, 3.05) is 13.2 Å². The lowest BCUT2D eigenvalue weighted by atomic mass is 9.91. The molecule has 2 heterocycles. The van der Waals surface area contributed by atoms with Gasteiger partial charge in [0.25, 0.3) is 0 Å². The van der Waals surface area contributed by atoms with Crippen LogP contribution in [-0.4, -0.2) is 34.3 Å². The molecule has 0 N–H and O–H groups in total. The van der Waals surface area contributed by atoms with E-state index in [1.807, 2.05) is 6.21 Å². The predicted molar refractivity (Wildman–Crippen MR) is 42.8 cm³/mol. The molecule has 2 rings (SSSR count). The Morgan fingerprint density at radius 1 is 1.67 bits per heavy atom. The Balaban J connectivity index is 2.02. The third kappa shape index (κ3) is 1.35. The van der Waals surface area contributed by atoms with Crippen molar-refractivity contribution in [3.63, 3.8) is 0 Å². The minimum atomic E-state index is 0.0892. The Bertz CT molecular complexity index is 276. The number of hydrogen-bond donors (Lipinski definition) is 0. The van der Waals surface area contributed by atoms with Gasteiger partial charge in [-0.15, -0.1) is 9.89 Å². The van der Waals surface area contributed by atoms with Gasteiger partial charge >= 0.3 is 0 Å². The molecule has 12 heavy (non-hydrogen) atoms. The Morgan fingerprint density at radius 3 is 3.00 bits per heavy atom. The highest BCUT2D eigenvalue weighted by Gasteiger charge is 2.31. The monoisotopic (exact) mass is 166 g/mol. The van der Waals surface area contributed by atoms with Crippen LogP contribution >= 0.6 is 0 Å². The zero-order valence-electron chi connectivity index (χ0n) is 6.84.